The summed E-state index contributed by atoms with van der Waals surface area (Å²) in [6.07, 6.45) is 0.542. The highest BCUT2D eigenvalue weighted by molar-refractivity contribution is 6.34. The molecule has 0 bridgehead atoms. The number of hydrogen-bond donors (Lipinski definition) is 4. The van der Waals surface area contributed by atoms with Crippen LogP contribution in [0.4, 0.5) is 24.5 Å². The number of nitrogens with one attached hydrogen (secondary N) is 2. The summed E-state index contributed by atoms with van der Waals surface area (Å²) in [5.74, 6) is -2.96. The number of imidazole rings is 1. The number of piperidine rings is 1. The van der Waals surface area contributed by atoms with Crippen molar-refractivity contribution in [1.82, 2.24) is 39.4 Å². The topological polar surface area (TPSA) is 196 Å². The molecular formula is C35H40ClF3N10O5. The smallest absolute Gasteiger partial charge is 0.475 e. The van der Waals surface area contributed by atoms with Crippen LogP contribution in [0.5, 0.6) is 0 Å². The monoisotopic (exact) mass is 772 g/mol. The van der Waals surface area contributed by atoms with Gasteiger partial charge in [-0.25, -0.2) is 9.78 Å². The van der Waals surface area contributed by atoms with Gasteiger partial charge in [0.25, 0.3) is 11.8 Å². The van der Waals surface area contributed by atoms with Gasteiger partial charge >= 0.3 is 12.1 Å². The molecule has 1 aromatic carbocycles. The van der Waals surface area contributed by atoms with Crippen LogP contribution in [0.3, 0.4) is 0 Å². The number of aromatic nitrogens is 5. The van der Waals surface area contributed by atoms with Gasteiger partial charge in [0, 0.05) is 44.8 Å². The Morgan fingerprint density at radius 1 is 0.981 bits per heavy atom. The number of nitrogens with two attached hydrogens (primary N) is 1. The van der Waals surface area contributed by atoms with E-state index >= 15 is 0 Å². The van der Waals surface area contributed by atoms with Gasteiger partial charge in [-0.1, -0.05) is 18.5 Å². The molecule has 0 aliphatic carbocycles. The van der Waals surface area contributed by atoms with E-state index in [1.807, 2.05) is 17.9 Å². The maximum Gasteiger partial charge on any atom is 0.490 e. The molecule has 4 aromatic rings. The van der Waals surface area contributed by atoms with Crippen molar-refractivity contribution in [1.29, 1.82) is 0 Å². The zero-order valence-corrected chi connectivity index (χ0v) is 30.5. The maximum absolute atomic E-state index is 13.4. The number of halogens is 4. The van der Waals surface area contributed by atoms with Crippen LogP contribution in [0.25, 0.3) is 22.6 Å². The number of carbonyl (C=O) groups excluding carboxylic acids is 3. The summed E-state index contributed by atoms with van der Waals surface area (Å²) in [4.78, 5) is 63.3. The van der Waals surface area contributed by atoms with Crippen LogP contribution in [0, 0.1) is 5.92 Å². The van der Waals surface area contributed by atoms with Gasteiger partial charge < -0.3 is 35.4 Å². The Bertz CT molecular complexity index is 2000. The molecule has 2 aliphatic heterocycles. The maximum atomic E-state index is 13.4. The summed E-state index contributed by atoms with van der Waals surface area (Å²) in [7, 11) is 3.84. The molecule has 0 unspecified atom stereocenters. The second-order valence-electron chi connectivity index (χ2n) is 12.9. The summed E-state index contributed by atoms with van der Waals surface area (Å²) in [5, 5.41) is 17.7. The van der Waals surface area contributed by atoms with Crippen LogP contribution < -0.4 is 11.1 Å². The molecule has 0 radical (unpaired) electrons. The third-order valence-electron chi connectivity index (χ3n) is 9.31. The first-order chi connectivity index (χ1) is 25.6. The van der Waals surface area contributed by atoms with Gasteiger partial charge in [-0.15, -0.1) is 0 Å². The fourth-order valence-electron chi connectivity index (χ4n) is 6.27. The number of aromatic amines is 1. The Morgan fingerprint density at radius 3 is 2.20 bits per heavy atom. The van der Waals surface area contributed by atoms with Crippen LogP contribution in [0.2, 0.25) is 5.02 Å². The van der Waals surface area contributed by atoms with Crippen LogP contribution >= 0.6 is 11.6 Å². The second-order valence-corrected chi connectivity index (χ2v) is 13.3. The number of pyridine rings is 1. The third kappa shape index (κ3) is 8.99. The number of amides is 3. The zero-order valence-electron chi connectivity index (χ0n) is 29.8. The first kappa shape index (κ1) is 39.7. The Labute approximate surface area is 313 Å². The van der Waals surface area contributed by atoms with Crippen molar-refractivity contribution in [2.45, 2.75) is 32.4 Å². The molecule has 0 saturated carbocycles. The SMILES string of the molecule is CCc1n[nH]c(-c2ccc(N)cn2)c1-c1cnc(C(=O)Nc2ccc(C(=O)N3CCN(C(=O)C4CCN(C)CC4)CC3)c(Cl)c2)n1C.O=C(O)C(F)(F)F. The van der Waals surface area contributed by atoms with Gasteiger partial charge in [0.15, 0.2) is 5.82 Å². The van der Waals surface area contributed by atoms with Crippen molar-refractivity contribution in [3.8, 4) is 22.6 Å². The summed E-state index contributed by atoms with van der Waals surface area (Å²) in [5.41, 5.74) is 10.8. The van der Waals surface area contributed by atoms with Gasteiger partial charge in [0.1, 0.15) is 0 Å². The molecule has 3 aromatic heterocycles. The van der Waals surface area contributed by atoms with E-state index < -0.39 is 18.1 Å². The number of carbonyl (C=O) groups is 4. The first-order valence-corrected chi connectivity index (χ1v) is 17.5. The van der Waals surface area contributed by atoms with Crippen molar-refractivity contribution in [3.05, 3.63) is 64.8 Å². The van der Waals surface area contributed by atoms with Crippen molar-refractivity contribution >= 4 is 46.7 Å². The standard InChI is InChI=1S/C33H39ClN10O3.C2HF3O2/c1-4-25-28(29(40-39-25)26-8-5-21(35)18-36-26)27-19-37-30(42(27)3)31(45)38-22-6-7-23(24(34)17-22)33(47)44-15-13-43(14-16-44)32(46)20-9-11-41(2)12-10-20;3-2(4,5)1(6)7/h5-8,17-20H,4,9-16,35H2,1-3H3,(H,38,45)(H,39,40);(H,6,7). The lowest BCUT2D eigenvalue weighted by Gasteiger charge is -2.38. The molecule has 2 saturated heterocycles. The molecule has 6 rings (SSSR count). The number of piperazine rings is 1. The van der Waals surface area contributed by atoms with Gasteiger partial charge in [-0.2, -0.15) is 18.3 Å². The number of carboxylic acids is 1. The number of aliphatic carboxylic acids is 1. The van der Waals surface area contributed by atoms with Crippen LogP contribution in [0.15, 0.2) is 42.7 Å². The molecular weight excluding hydrogens is 733 g/mol. The van der Waals surface area contributed by atoms with E-state index in [-0.39, 0.29) is 28.6 Å². The van der Waals surface area contributed by atoms with Crippen LogP contribution in [-0.2, 0) is 23.1 Å². The van der Waals surface area contributed by atoms with Gasteiger partial charge in [-0.05, 0) is 69.7 Å². The number of anilines is 2. The summed E-state index contributed by atoms with van der Waals surface area (Å²) in [6.45, 7) is 5.76. The highest BCUT2D eigenvalue weighted by Crippen LogP contribution is 2.33. The quantitative estimate of drug-likeness (QED) is 0.212. The minimum Gasteiger partial charge on any atom is -0.475 e. The number of hydrogen-bond acceptors (Lipinski definition) is 9. The number of carboxylic acid groups (broad SMARTS) is 1. The van der Waals surface area contributed by atoms with E-state index in [9.17, 15) is 27.6 Å². The lowest BCUT2D eigenvalue weighted by Crippen LogP contribution is -2.52. The van der Waals surface area contributed by atoms with Crippen molar-refractivity contribution < 1.29 is 37.5 Å². The van der Waals surface area contributed by atoms with E-state index in [1.165, 1.54) is 0 Å². The third-order valence-corrected chi connectivity index (χ3v) is 9.62. The number of H-pyrrole nitrogens is 1. The number of aryl methyl sites for hydroxylation is 1. The molecule has 2 fully saturated rings. The number of alkyl halides is 3. The zero-order chi connectivity index (χ0) is 39.3. The Hall–Kier alpha value is -5.49. The van der Waals surface area contributed by atoms with Gasteiger partial charge in [0.05, 0.1) is 57.0 Å². The lowest BCUT2D eigenvalue weighted by molar-refractivity contribution is -0.192. The molecule has 54 heavy (non-hydrogen) atoms. The molecule has 3 amide bonds. The summed E-state index contributed by atoms with van der Waals surface area (Å²) < 4.78 is 33.4. The minimum atomic E-state index is -5.08. The average molecular weight is 773 g/mol. The van der Waals surface area contributed by atoms with Gasteiger partial charge in [-0.3, -0.25) is 24.5 Å². The number of benzene rings is 1. The summed E-state index contributed by atoms with van der Waals surface area (Å²) >= 11 is 6.57. The van der Waals surface area contributed by atoms with E-state index in [4.69, 9.17) is 27.2 Å². The predicted molar refractivity (Wildman–Crippen MR) is 194 cm³/mol. The Kier molecular flexibility index (Phi) is 12.3. The molecule has 288 valence electrons. The van der Waals surface area contributed by atoms with E-state index in [0.717, 1.165) is 37.2 Å². The largest absolute Gasteiger partial charge is 0.490 e. The van der Waals surface area contributed by atoms with Crippen molar-refractivity contribution in [3.63, 3.8) is 0 Å². The van der Waals surface area contributed by atoms with E-state index in [1.54, 1.807) is 53.2 Å². The van der Waals surface area contributed by atoms with Crippen LogP contribution in [-0.4, -0.2) is 121 Å². The number of likely N-dealkylation sites (tertiary alicyclic amines) is 1. The lowest BCUT2D eigenvalue weighted by atomic mass is 9.95. The second kappa shape index (κ2) is 16.7. The molecule has 5 heterocycles. The average Bonchev–Trinajstić information content (AvgIpc) is 3.74. The molecule has 5 N–H and O–H groups in total. The fourth-order valence-corrected chi connectivity index (χ4v) is 6.53. The Morgan fingerprint density at radius 2 is 1.63 bits per heavy atom. The number of nitrogen functional groups attached to an aromatic ring is 1. The number of rotatable bonds is 7. The highest BCUT2D eigenvalue weighted by atomic mass is 35.5. The fraction of sp³-hybridized carbons (Fsp3) is 0.400. The normalized spacial score (nSPS) is 15.4. The van der Waals surface area contributed by atoms with E-state index in [2.05, 4.69) is 37.4 Å². The molecule has 0 atom stereocenters. The molecule has 0 spiro atoms. The van der Waals surface area contributed by atoms with Crippen molar-refractivity contribution in [2.24, 2.45) is 13.0 Å². The molecule has 15 nitrogen and oxygen atoms in total. The summed E-state index contributed by atoms with van der Waals surface area (Å²) in [6, 6.07) is 8.41. The predicted octanol–water partition coefficient (Wildman–Crippen LogP) is 4.18. The van der Waals surface area contributed by atoms with E-state index in [0.29, 0.717) is 66.6 Å². The van der Waals surface area contributed by atoms with Crippen molar-refractivity contribution in [2.75, 3.05) is 57.4 Å². The van der Waals surface area contributed by atoms with Crippen LogP contribution in [0.1, 0.15) is 46.4 Å². The number of nitrogens with zero attached hydrogens (tertiary/aromatic N) is 7. The Balaban J connectivity index is 0.000000730. The first-order valence-electron chi connectivity index (χ1n) is 17.1. The molecule has 2 aliphatic rings. The molecule has 19 heteroatoms. The minimum absolute atomic E-state index is 0.0619. The highest BCUT2D eigenvalue weighted by Gasteiger charge is 2.38. The van der Waals surface area contributed by atoms with Gasteiger partial charge in [0.2, 0.25) is 5.91 Å².